The van der Waals surface area contributed by atoms with Crippen LogP contribution in [0.25, 0.3) is 22.3 Å². The summed E-state index contributed by atoms with van der Waals surface area (Å²) < 4.78 is 21.0. The fourth-order valence-corrected chi connectivity index (χ4v) is 3.78. The van der Waals surface area contributed by atoms with Crippen molar-refractivity contribution in [1.29, 1.82) is 0 Å². The van der Waals surface area contributed by atoms with E-state index in [0.717, 1.165) is 4.68 Å². The van der Waals surface area contributed by atoms with E-state index in [-0.39, 0.29) is 23.6 Å². The molecule has 8 nitrogen and oxygen atoms in total. The lowest BCUT2D eigenvalue weighted by molar-refractivity contribution is -0.384. The van der Waals surface area contributed by atoms with E-state index in [9.17, 15) is 19.3 Å². The largest absolute Gasteiger partial charge is 0.488 e. The molecule has 0 unspecified atom stereocenters. The predicted octanol–water partition coefficient (Wildman–Crippen LogP) is 5.57. The zero-order chi connectivity index (χ0) is 25.8. The van der Waals surface area contributed by atoms with Gasteiger partial charge < -0.3 is 4.74 Å². The molecule has 0 aliphatic carbocycles. The van der Waals surface area contributed by atoms with E-state index in [1.807, 2.05) is 18.2 Å². The summed E-state index contributed by atoms with van der Waals surface area (Å²) in [6.07, 6.45) is 1.30. The predicted molar refractivity (Wildman–Crippen MR) is 138 cm³/mol. The second kappa shape index (κ2) is 10.2. The Hall–Kier alpha value is -5.18. The number of nitro groups is 1. The van der Waals surface area contributed by atoms with Crippen LogP contribution in [0.15, 0.2) is 107 Å². The molecule has 9 heteroatoms. The Balaban J connectivity index is 1.60. The van der Waals surface area contributed by atoms with Gasteiger partial charge in [-0.1, -0.05) is 60.7 Å². The number of rotatable bonds is 7. The summed E-state index contributed by atoms with van der Waals surface area (Å²) in [5.41, 5.74) is 1.15. The van der Waals surface area contributed by atoms with E-state index in [4.69, 9.17) is 4.74 Å². The summed E-state index contributed by atoms with van der Waals surface area (Å²) in [6, 6.07) is 26.2. The van der Waals surface area contributed by atoms with Gasteiger partial charge in [-0.05, 0) is 24.3 Å². The van der Waals surface area contributed by atoms with Crippen LogP contribution in [0.5, 0.6) is 5.75 Å². The summed E-state index contributed by atoms with van der Waals surface area (Å²) in [5.74, 6) is 0.112. The quantitative estimate of drug-likeness (QED) is 0.167. The van der Waals surface area contributed by atoms with Crippen LogP contribution in [-0.4, -0.2) is 20.8 Å². The molecule has 0 N–H and O–H groups in total. The van der Waals surface area contributed by atoms with Crippen LogP contribution in [0.4, 0.5) is 10.1 Å². The van der Waals surface area contributed by atoms with Crippen LogP contribution in [0, 0.1) is 15.9 Å². The summed E-state index contributed by atoms with van der Waals surface area (Å²) in [4.78, 5) is 28.9. The monoisotopic (exact) mass is 494 g/mol. The number of benzene rings is 4. The standard InChI is InChI=1S/C28H19FN4O4/c29-24-12-6-4-10-20(24)18-37-26-15-14-22(33(35)36)16-21(26)17-30-32-27(19-8-2-1-3-9-19)31-25-13-7-5-11-23(25)28(32)34/h1-17H,18H2. The van der Waals surface area contributed by atoms with Gasteiger partial charge in [0.25, 0.3) is 11.2 Å². The van der Waals surface area contributed by atoms with E-state index in [1.165, 1.54) is 30.5 Å². The van der Waals surface area contributed by atoms with Crippen molar-refractivity contribution in [1.82, 2.24) is 9.66 Å². The summed E-state index contributed by atoms with van der Waals surface area (Å²) in [7, 11) is 0. The van der Waals surface area contributed by atoms with Crippen molar-refractivity contribution in [3.63, 3.8) is 0 Å². The van der Waals surface area contributed by atoms with Gasteiger partial charge in [0.05, 0.1) is 22.0 Å². The maximum Gasteiger partial charge on any atom is 0.282 e. The molecule has 0 saturated carbocycles. The lowest BCUT2D eigenvalue weighted by atomic mass is 10.2. The minimum Gasteiger partial charge on any atom is -0.488 e. The van der Waals surface area contributed by atoms with Gasteiger partial charge >= 0.3 is 0 Å². The van der Waals surface area contributed by atoms with E-state index >= 15 is 0 Å². The van der Waals surface area contributed by atoms with Gasteiger partial charge in [-0.15, -0.1) is 0 Å². The Morgan fingerprint density at radius 3 is 2.49 bits per heavy atom. The minimum atomic E-state index is -0.545. The number of nitrogens with zero attached hydrogens (tertiary/aromatic N) is 4. The van der Waals surface area contributed by atoms with Crippen molar-refractivity contribution < 1.29 is 14.1 Å². The van der Waals surface area contributed by atoms with Crippen molar-refractivity contribution in [2.24, 2.45) is 5.10 Å². The molecule has 5 rings (SSSR count). The lowest BCUT2D eigenvalue weighted by Gasteiger charge is -2.11. The molecule has 0 saturated heterocycles. The molecule has 0 fully saturated rings. The molecule has 1 aromatic heterocycles. The Morgan fingerprint density at radius 2 is 1.70 bits per heavy atom. The molecule has 0 amide bonds. The number of ether oxygens (including phenoxy) is 1. The van der Waals surface area contributed by atoms with Gasteiger partial charge in [-0.2, -0.15) is 9.78 Å². The fourth-order valence-electron chi connectivity index (χ4n) is 3.78. The lowest BCUT2D eigenvalue weighted by Crippen LogP contribution is -2.20. The molecular weight excluding hydrogens is 475 g/mol. The van der Waals surface area contributed by atoms with Crippen molar-refractivity contribution in [2.75, 3.05) is 0 Å². The molecule has 0 spiro atoms. The number of aromatic nitrogens is 2. The van der Waals surface area contributed by atoms with E-state index in [1.54, 1.807) is 54.6 Å². The maximum absolute atomic E-state index is 14.1. The highest BCUT2D eigenvalue weighted by atomic mass is 19.1. The van der Waals surface area contributed by atoms with Crippen LogP contribution >= 0.6 is 0 Å². The van der Waals surface area contributed by atoms with Gasteiger partial charge in [-0.3, -0.25) is 14.9 Å². The van der Waals surface area contributed by atoms with Gasteiger partial charge in [0.15, 0.2) is 5.82 Å². The number of hydrogen-bond donors (Lipinski definition) is 0. The molecule has 0 bridgehead atoms. The first-order valence-corrected chi connectivity index (χ1v) is 11.3. The van der Waals surface area contributed by atoms with E-state index < -0.39 is 16.3 Å². The van der Waals surface area contributed by atoms with E-state index in [0.29, 0.717) is 27.9 Å². The third kappa shape index (κ3) is 4.96. The smallest absolute Gasteiger partial charge is 0.282 e. The molecule has 0 aliphatic rings. The second-order valence-corrected chi connectivity index (χ2v) is 8.04. The molecular formula is C28H19FN4O4. The Morgan fingerprint density at radius 1 is 0.973 bits per heavy atom. The highest BCUT2D eigenvalue weighted by molar-refractivity contribution is 5.85. The number of non-ortho nitro benzene ring substituents is 1. The second-order valence-electron chi connectivity index (χ2n) is 8.04. The normalized spacial score (nSPS) is 11.2. The van der Waals surface area contributed by atoms with Crippen LogP contribution in [0.1, 0.15) is 11.1 Å². The number of halogens is 1. The van der Waals surface area contributed by atoms with Crippen molar-refractivity contribution in [2.45, 2.75) is 6.61 Å². The molecule has 1 heterocycles. The van der Waals surface area contributed by atoms with Gasteiger partial charge in [0.1, 0.15) is 18.2 Å². The number of hydrogen-bond acceptors (Lipinski definition) is 6. The summed E-state index contributed by atoms with van der Waals surface area (Å²) in [5, 5.41) is 16.2. The first kappa shape index (κ1) is 23.6. The first-order valence-electron chi connectivity index (χ1n) is 11.3. The molecule has 182 valence electrons. The molecule has 37 heavy (non-hydrogen) atoms. The Bertz CT molecular complexity index is 1700. The van der Waals surface area contributed by atoms with Crippen LogP contribution in [-0.2, 0) is 6.61 Å². The van der Waals surface area contributed by atoms with Gasteiger partial charge in [-0.25, -0.2) is 9.37 Å². The average Bonchev–Trinajstić information content (AvgIpc) is 2.92. The molecule has 5 aromatic rings. The van der Waals surface area contributed by atoms with Crippen LogP contribution < -0.4 is 10.3 Å². The topological polar surface area (TPSA) is 99.6 Å². The van der Waals surface area contributed by atoms with Crippen LogP contribution in [0.3, 0.4) is 0 Å². The zero-order valence-corrected chi connectivity index (χ0v) is 19.3. The van der Waals surface area contributed by atoms with Gasteiger partial charge in [0.2, 0.25) is 0 Å². The highest BCUT2D eigenvalue weighted by Gasteiger charge is 2.15. The van der Waals surface area contributed by atoms with Crippen molar-refractivity contribution >= 4 is 22.8 Å². The summed E-state index contributed by atoms with van der Waals surface area (Å²) in [6.45, 7) is -0.0991. The molecule has 4 aromatic carbocycles. The van der Waals surface area contributed by atoms with Gasteiger partial charge in [0, 0.05) is 28.8 Å². The Labute approximate surface area is 210 Å². The number of nitro benzene ring substituents is 1. The molecule has 0 radical (unpaired) electrons. The Kier molecular flexibility index (Phi) is 6.50. The third-order valence-corrected chi connectivity index (χ3v) is 5.64. The minimum absolute atomic E-state index is 0.0991. The van der Waals surface area contributed by atoms with Crippen molar-refractivity contribution in [3.8, 4) is 17.1 Å². The zero-order valence-electron chi connectivity index (χ0n) is 19.3. The number of fused-ring (bicyclic) bond motifs is 1. The maximum atomic E-state index is 14.1. The molecule has 0 aliphatic heterocycles. The molecule has 0 atom stereocenters. The van der Waals surface area contributed by atoms with E-state index in [2.05, 4.69) is 10.1 Å². The fraction of sp³-hybridized carbons (Fsp3) is 0.0357. The number of para-hydroxylation sites is 1. The summed E-state index contributed by atoms with van der Waals surface area (Å²) >= 11 is 0. The average molecular weight is 494 g/mol. The highest BCUT2D eigenvalue weighted by Crippen LogP contribution is 2.25. The SMILES string of the molecule is O=c1c2ccccc2nc(-c2ccccc2)n1N=Cc1cc([N+](=O)[O-])ccc1OCc1ccccc1F. The first-order chi connectivity index (χ1) is 18.0. The van der Waals surface area contributed by atoms with Crippen molar-refractivity contribution in [3.05, 3.63) is 134 Å². The van der Waals surface area contributed by atoms with Crippen LogP contribution in [0.2, 0.25) is 0 Å². The third-order valence-electron chi connectivity index (χ3n) is 5.64.